The van der Waals surface area contributed by atoms with Gasteiger partial charge in [0.05, 0.1) is 31.2 Å². The molecule has 7 nitrogen and oxygen atoms in total. The highest BCUT2D eigenvalue weighted by atomic mass is 16.5. The molecule has 2 aromatic rings. The van der Waals surface area contributed by atoms with E-state index in [0.717, 1.165) is 17.7 Å². The second kappa shape index (κ2) is 9.96. The molecule has 0 aromatic heterocycles. The average molecular weight is 436 g/mol. The van der Waals surface area contributed by atoms with Crippen LogP contribution in [0.5, 0.6) is 5.75 Å². The Labute approximate surface area is 188 Å². The van der Waals surface area contributed by atoms with Crippen molar-refractivity contribution >= 4 is 23.4 Å². The third-order valence-electron chi connectivity index (χ3n) is 6.00. The van der Waals surface area contributed by atoms with Gasteiger partial charge in [-0.1, -0.05) is 37.3 Å². The Morgan fingerprint density at radius 3 is 2.31 bits per heavy atom. The van der Waals surface area contributed by atoms with Gasteiger partial charge in [0.2, 0.25) is 11.8 Å². The summed E-state index contributed by atoms with van der Waals surface area (Å²) in [6.45, 7) is 4.96. The van der Waals surface area contributed by atoms with Gasteiger partial charge in [0.1, 0.15) is 5.75 Å². The number of ether oxygens (including phenoxy) is 1. The number of hydrogen-bond acceptors (Lipinski definition) is 5. The van der Waals surface area contributed by atoms with Crippen molar-refractivity contribution < 1.29 is 19.1 Å². The molecule has 0 aliphatic carbocycles. The number of benzene rings is 2. The number of rotatable bonds is 7. The van der Waals surface area contributed by atoms with Crippen LogP contribution in [0.25, 0.3) is 0 Å². The summed E-state index contributed by atoms with van der Waals surface area (Å²) in [7, 11) is 0. The van der Waals surface area contributed by atoms with E-state index >= 15 is 0 Å². The molecular weight excluding hydrogens is 406 g/mol. The SMILES string of the molecule is CCCOc1ccc(N2C(=O)C[C@H](N3CCN(C(=O)Cc4ccccc4)CC3)C2=O)cc1. The van der Waals surface area contributed by atoms with E-state index in [0.29, 0.717) is 44.9 Å². The van der Waals surface area contributed by atoms with Crippen LogP contribution in [0.3, 0.4) is 0 Å². The number of carbonyl (C=O) groups excluding carboxylic acids is 3. The lowest BCUT2D eigenvalue weighted by atomic mass is 10.1. The maximum Gasteiger partial charge on any atom is 0.251 e. The Kier molecular flexibility index (Phi) is 6.85. The molecule has 2 saturated heterocycles. The predicted molar refractivity (Wildman–Crippen MR) is 121 cm³/mol. The van der Waals surface area contributed by atoms with Gasteiger partial charge in [-0.25, -0.2) is 4.90 Å². The highest BCUT2D eigenvalue weighted by molar-refractivity contribution is 6.22. The molecule has 168 valence electrons. The van der Waals surface area contributed by atoms with E-state index in [2.05, 4.69) is 0 Å². The summed E-state index contributed by atoms with van der Waals surface area (Å²) in [4.78, 5) is 43.5. The van der Waals surface area contributed by atoms with Crippen molar-refractivity contribution in [1.29, 1.82) is 0 Å². The Balaban J connectivity index is 1.34. The molecule has 2 fully saturated rings. The highest BCUT2D eigenvalue weighted by Crippen LogP contribution is 2.28. The van der Waals surface area contributed by atoms with Gasteiger partial charge in [0.15, 0.2) is 0 Å². The molecule has 2 aromatic carbocycles. The van der Waals surface area contributed by atoms with Crippen LogP contribution in [0.2, 0.25) is 0 Å². The maximum absolute atomic E-state index is 13.1. The number of piperazine rings is 1. The first-order chi connectivity index (χ1) is 15.6. The Morgan fingerprint density at radius 1 is 0.969 bits per heavy atom. The zero-order chi connectivity index (χ0) is 22.5. The molecule has 32 heavy (non-hydrogen) atoms. The number of amides is 3. The molecular formula is C25H29N3O4. The standard InChI is InChI=1S/C25H29N3O4/c1-2-16-32-21-10-8-20(9-11-21)28-24(30)18-22(25(28)31)26-12-14-27(15-13-26)23(29)17-19-6-4-3-5-7-19/h3-11,22H,2,12-18H2,1H3/t22-/m0/s1. The summed E-state index contributed by atoms with van der Waals surface area (Å²) < 4.78 is 5.58. The average Bonchev–Trinajstić information content (AvgIpc) is 3.12. The molecule has 1 atom stereocenters. The van der Waals surface area contributed by atoms with E-state index < -0.39 is 6.04 Å². The number of nitrogens with zero attached hydrogens (tertiary/aromatic N) is 3. The zero-order valence-corrected chi connectivity index (χ0v) is 18.4. The van der Waals surface area contributed by atoms with Gasteiger partial charge in [-0.2, -0.15) is 0 Å². The fraction of sp³-hybridized carbons (Fsp3) is 0.400. The fourth-order valence-corrected chi connectivity index (χ4v) is 4.25. The van der Waals surface area contributed by atoms with E-state index in [1.165, 1.54) is 4.90 Å². The van der Waals surface area contributed by atoms with Crippen LogP contribution in [-0.2, 0) is 20.8 Å². The van der Waals surface area contributed by atoms with E-state index in [-0.39, 0.29) is 24.1 Å². The van der Waals surface area contributed by atoms with Crippen LogP contribution in [-0.4, -0.2) is 66.3 Å². The van der Waals surface area contributed by atoms with Crippen LogP contribution in [0.4, 0.5) is 5.69 Å². The minimum absolute atomic E-state index is 0.0942. The minimum atomic E-state index is -0.468. The van der Waals surface area contributed by atoms with Gasteiger partial charge in [-0.3, -0.25) is 19.3 Å². The molecule has 0 spiro atoms. The lowest BCUT2D eigenvalue weighted by Crippen LogP contribution is -2.54. The van der Waals surface area contributed by atoms with Crippen LogP contribution in [0.1, 0.15) is 25.3 Å². The molecule has 2 heterocycles. The van der Waals surface area contributed by atoms with Crippen molar-refractivity contribution in [2.75, 3.05) is 37.7 Å². The topological polar surface area (TPSA) is 70.2 Å². The number of carbonyl (C=O) groups is 3. The van der Waals surface area contributed by atoms with Crippen LogP contribution < -0.4 is 9.64 Å². The van der Waals surface area contributed by atoms with Gasteiger partial charge in [-0.15, -0.1) is 0 Å². The zero-order valence-electron chi connectivity index (χ0n) is 18.4. The second-order valence-corrected chi connectivity index (χ2v) is 8.21. The lowest BCUT2D eigenvalue weighted by molar-refractivity contribution is -0.133. The molecule has 0 bridgehead atoms. The Morgan fingerprint density at radius 2 is 1.66 bits per heavy atom. The molecule has 7 heteroatoms. The van der Waals surface area contributed by atoms with Gasteiger partial charge < -0.3 is 9.64 Å². The van der Waals surface area contributed by atoms with Crippen LogP contribution in [0.15, 0.2) is 54.6 Å². The van der Waals surface area contributed by atoms with Crippen molar-refractivity contribution in [2.45, 2.75) is 32.2 Å². The summed E-state index contributed by atoms with van der Waals surface area (Å²) >= 11 is 0. The maximum atomic E-state index is 13.1. The first kappa shape index (κ1) is 22.0. The first-order valence-corrected chi connectivity index (χ1v) is 11.2. The second-order valence-electron chi connectivity index (χ2n) is 8.21. The van der Waals surface area contributed by atoms with Crippen molar-refractivity contribution in [3.63, 3.8) is 0 Å². The van der Waals surface area contributed by atoms with E-state index in [4.69, 9.17) is 4.74 Å². The molecule has 0 N–H and O–H groups in total. The number of anilines is 1. The number of hydrogen-bond donors (Lipinski definition) is 0. The smallest absolute Gasteiger partial charge is 0.251 e. The van der Waals surface area contributed by atoms with Gasteiger partial charge >= 0.3 is 0 Å². The molecule has 0 saturated carbocycles. The normalized spacial score (nSPS) is 19.5. The van der Waals surface area contributed by atoms with Crippen molar-refractivity contribution in [1.82, 2.24) is 9.80 Å². The Bertz CT molecular complexity index is 953. The molecule has 0 unspecified atom stereocenters. The van der Waals surface area contributed by atoms with Gasteiger partial charge in [-0.05, 0) is 36.2 Å². The molecule has 3 amide bonds. The number of imide groups is 1. The monoisotopic (exact) mass is 435 g/mol. The van der Waals surface area contributed by atoms with Crippen LogP contribution in [0, 0.1) is 0 Å². The molecule has 2 aliphatic heterocycles. The van der Waals surface area contributed by atoms with Gasteiger partial charge in [0, 0.05) is 26.2 Å². The van der Waals surface area contributed by atoms with E-state index in [1.54, 1.807) is 24.3 Å². The highest BCUT2D eigenvalue weighted by Gasteiger charge is 2.43. The van der Waals surface area contributed by atoms with Crippen molar-refractivity contribution in [3.8, 4) is 5.75 Å². The quantitative estimate of drug-likeness (QED) is 0.625. The summed E-state index contributed by atoms with van der Waals surface area (Å²) in [6, 6.07) is 16.3. The van der Waals surface area contributed by atoms with E-state index in [9.17, 15) is 14.4 Å². The van der Waals surface area contributed by atoms with Crippen LogP contribution >= 0.6 is 0 Å². The Hall–Kier alpha value is -3.19. The molecule has 2 aliphatic rings. The third kappa shape index (κ3) is 4.83. The third-order valence-corrected chi connectivity index (χ3v) is 6.00. The minimum Gasteiger partial charge on any atom is -0.494 e. The summed E-state index contributed by atoms with van der Waals surface area (Å²) in [5.41, 5.74) is 1.57. The van der Waals surface area contributed by atoms with E-state index in [1.807, 2.05) is 47.1 Å². The summed E-state index contributed by atoms with van der Waals surface area (Å²) in [6.07, 6.45) is 1.47. The van der Waals surface area contributed by atoms with Crippen molar-refractivity contribution in [2.24, 2.45) is 0 Å². The predicted octanol–water partition coefficient (Wildman–Crippen LogP) is 2.49. The summed E-state index contributed by atoms with van der Waals surface area (Å²) in [5, 5.41) is 0. The molecule has 0 radical (unpaired) electrons. The van der Waals surface area contributed by atoms with Crippen molar-refractivity contribution in [3.05, 3.63) is 60.2 Å². The molecule has 4 rings (SSSR count). The largest absolute Gasteiger partial charge is 0.494 e. The lowest BCUT2D eigenvalue weighted by Gasteiger charge is -2.37. The van der Waals surface area contributed by atoms with Gasteiger partial charge in [0.25, 0.3) is 5.91 Å². The fourth-order valence-electron chi connectivity index (χ4n) is 4.25. The summed E-state index contributed by atoms with van der Waals surface area (Å²) in [5.74, 6) is 0.435. The first-order valence-electron chi connectivity index (χ1n) is 11.2.